The molecule has 0 aliphatic rings. The topological polar surface area (TPSA) is 99.5 Å². The van der Waals surface area contributed by atoms with Crippen LogP contribution in [0.2, 0.25) is 0 Å². The van der Waals surface area contributed by atoms with Gasteiger partial charge < -0.3 is 14.8 Å². The molecule has 0 fully saturated rings. The molecule has 0 aliphatic heterocycles. The summed E-state index contributed by atoms with van der Waals surface area (Å²) in [5.74, 6) is -0.262. The van der Waals surface area contributed by atoms with Crippen molar-refractivity contribution in [3.05, 3.63) is 94.0 Å². The average Bonchev–Trinajstić information content (AvgIpc) is 2.93. The van der Waals surface area contributed by atoms with Crippen molar-refractivity contribution in [1.29, 1.82) is 0 Å². The monoisotopic (exact) mass is 535 g/mol. The molecule has 0 atom stereocenters. The Morgan fingerprint density at radius 1 is 1.03 bits per heavy atom. The number of thioether (sulfide) groups is 1. The lowest BCUT2D eigenvalue weighted by Crippen LogP contribution is -2.27. The Labute approximate surface area is 222 Å². The van der Waals surface area contributed by atoms with Gasteiger partial charge in [0.25, 0.3) is 11.5 Å². The number of hydrogen-bond acceptors (Lipinski definition) is 7. The Hall–Kier alpha value is -4.02. The lowest BCUT2D eigenvalue weighted by Gasteiger charge is -2.14. The third-order valence-electron chi connectivity index (χ3n) is 5.60. The summed E-state index contributed by atoms with van der Waals surface area (Å²) < 4.78 is 25.3. The van der Waals surface area contributed by atoms with Crippen LogP contribution in [0.4, 0.5) is 4.39 Å². The minimum absolute atomic E-state index is 0.00428. The molecule has 196 valence electrons. The molecule has 1 amide bonds. The first-order valence-corrected chi connectivity index (χ1v) is 12.9. The number of carbonyl (C=O) groups is 2. The van der Waals surface area contributed by atoms with E-state index in [1.54, 1.807) is 30.3 Å². The van der Waals surface area contributed by atoms with Crippen LogP contribution in [0, 0.1) is 5.82 Å². The van der Waals surface area contributed by atoms with E-state index in [9.17, 15) is 18.8 Å². The second-order valence-electron chi connectivity index (χ2n) is 8.16. The van der Waals surface area contributed by atoms with Gasteiger partial charge in [-0.1, -0.05) is 11.8 Å². The molecule has 1 aromatic heterocycles. The van der Waals surface area contributed by atoms with Gasteiger partial charge in [0.05, 0.1) is 35.6 Å². The number of Topliss-reactive ketones (excluding diaryl/α,β-unsaturated/α-hetero) is 1. The summed E-state index contributed by atoms with van der Waals surface area (Å²) in [4.78, 5) is 43.6. The summed E-state index contributed by atoms with van der Waals surface area (Å²) in [5.41, 5.74) is 1.14. The van der Waals surface area contributed by atoms with E-state index in [0.29, 0.717) is 47.8 Å². The highest BCUT2D eigenvalue weighted by Crippen LogP contribution is 2.24. The Morgan fingerprint density at radius 3 is 2.42 bits per heavy atom. The number of ketones is 1. The number of nitrogens with one attached hydrogen (secondary N) is 1. The van der Waals surface area contributed by atoms with Crippen LogP contribution >= 0.6 is 11.8 Å². The molecule has 0 spiro atoms. The largest absolute Gasteiger partial charge is 0.494 e. The number of halogens is 1. The summed E-state index contributed by atoms with van der Waals surface area (Å²) in [6.07, 6.45) is 0. The number of carbonyl (C=O) groups excluding carboxylic acids is 2. The summed E-state index contributed by atoms with van der Waals surface area (Å²) >= 11 is 1.08. The van der Waals surface area contributed by atoms with E-state index in [-0.39, 0.29) is 28.0 Å². The summed E-state index contributed by atoms with van der Waals surface area (Å²) in [5, 5.41) is 3.26. The third-order valence-corrected chi connectivity index (χ3v) is 6.54. The van der Waals surface area contributed by atoms with Crippen molar-refractivity contribution in [2.24, 2.45) is 0 Å². The zero-order valence-corrected chi connectivity index (χ0v) is 21.7. The molecular formula is C28H26FN3O5S. The molecular weight excluding hydrogens is 509 g/mol. The van der Waals surface area contributed by atoms with Crippen LogP contribution < -0.4 is 15.6 Å². The fraction of sp³-hybridized carbons (Fsp3) is 0.214. The van der Waals surface area contributed by atoms with Crippen LogP contribution in [-0.4, -0.2) is 53.9 Å². The van der Waals surface area contributed by atoms with Gasteiger partial charge in [0.2, 0.25) is 0 Å². The maximum absolute atomic E-state index is 13.6. The normalized spacial score (nSPS) is 10.9. The van der Waals surface area contributed by atoms with E-state index in [1.807, 2.05) is 6.92 Å². The summed E-state index contributed by atoms with van der Waals surface area (Å²) in [6, 6.07) is 16.9. The first-order chi connectivity index (χ1) is 18.4. The molecule has 1 N–H and O–H groups in total. The fourth-order valence-corrected chi connectivity index (χ4v) is 4.61. The van der Waals surface area contributed by atoms with E-state index < -0.39 is 11.4 Å². The second-order valence-corrected chi connectivity index (χ2v) is 9.10. The van der Waals surface area contributed by atoms with E-state index >= 15 is 0 Å². The van der Waals surface area contributed by atoms with E-state index in [4.69, 9.17) is 9.47 Å². The first-order valence-electron chi connectivity index (χ1n) is 11.9. The van der Waals surface area contributed by atoms with Crippen molar-refractivity contribution in [2.75, 3.05) is 32.6 Å². The van der Waals surface area contributed by atoms with Gasteiger partial charge >= 0.3 is 0 Å². The minimum atomic E-state index is -0.445. The van der Waals surface area contributed by atoms with E-state index in [2.05, 4.69) is 10.3 Å². The zero-order valence-electron chi connectivity index (χ0n) is 20.9. The number of ether oxygens (including phenoxy) is 2. The van der Waals surface area contributed by atoms with E-state index in [1.165, 1.54) is 48.1 Å². The number of rotatable bonds is 11. The highest BCUT2D eigenvalue weighted by molar-refractivity contribution is 7.99. The smallest absolute Gasteiger partial charge is 0.266 e. The van der Waals surface area contributed by atoms with Crippen molar-refractivity contribution in [1.82, 2.24) is 14.9 Å². The minimum Gasteiger partial charge on any atom is -0.494 e. The van der Waals surface area contributed by atoms with Gasteiger partial charge in [-0.15, -0.1) is 0 Å². The lowest BCUT2D eigenvalue weighted by molar-refractivity contribution is 0.0936. The molecule has 0 saturated heterocycles. The number of nitrogens with zero attached hydrogens (tertiary/aromatic N) is 2. The molecule has 4 aromatic rings. The van der Waals surface area contributed by atoms with Crippen LogP contribution in [0.15, 0.2) is 76.7 Å². The number of aromatic nitrogens is 2. The Morgan fingerprint density at radius 2 is 1.74 bits per heavy atom. The second kappa shape index (κ2) is 12.5. The number of amides is 1. The van der Waals surface area contributed by atoms with Crippen LogP contribution in [0.5, 0.6) is 5.75 Å². The number of benzene rings is 3. The first kappa shape index (κ1) is 27.0. The van der Waals surface area contributed by atoms with Crippen molar-refractivity contribution in [3.8, 4) is 11.4 Å². The van der Waals surface area contributed by atoms with Crippen LogP contribution in [0.1, 0.15) is 27.6 Å². The molecule has 10 heteroatoms. The Kier molecular flexibility index (Phi) is 8.88. The van der Waals surface area contributed by atoms with Crippen molar-refractivity contribution in [2.45, 2.75) is 12.1 Å². The molecule has 8 nitrogen and oxygen atoms in total. The van der Waals surface area contributed by atoms with Crippen molar-refractivity contribution >= 4 is 34.4 Å². The number of fused-ring (bicyclic) bond motifs is 1. The fourth-order valence-electron chi connectivity index (χ4n) is 3.71. The van der Waals surface area contributed by atoms with Gasteiger partial charge in [-0.25, -0.2) is 9.37 Å². The van der Waals surface area contributed by atoms with Gasteiger partial charge in [0.15, 0.2) is 10.9 Å². The molecule has 3 aromatic carbocycles. The van der Waals surface area contributed by atoms with Crippen molar-refractivity contribution < 1.29 is 23.5 Å². The van der Waals surface area contributed by atoms with Crippen LogP contribution in [0.25, 0.3) is 16.6 Å². The van der Waals surface area contributed by atoms with Gasteiger partial charge in [0.1, 0.15) is 11.6 Å². The van der Waals surface area contributed by atoms with Gasteiger partial charge in [-0.05, 0) is 73.7 Å². The maximum Gasteiger partial charge on any atom is 0.266 e. The molecule has 0 unspecified atom stereocenters. The van der Waals surface area contributed by atoms with E-state index in [0.717, 1.165) is 11.8 Å². The Balaban J connectivity index is 1.69. The maximum atomic E-state index is 13.6. The van der Waals surface area contributed by atoms with Crippen LogP contribution in [0.3, 0.4) is 0 Å². The van der Waals surface area contributed by atoms with Crippen molar-refractivity contribution in [3.63, 3.8) is 0 Å². The highest BCUT2D eigenvalue weighted by atomic mass is 32.2. The number of hydrogen-bond donors (Lipinski definition) is 1. The van der Waals surface area contributed by atoms with Gasteiger partial charge in [0, 0.05) is 24.8 Å². The van der Waals surface area contributed by atoms with Crippen LogP contribution in [-0.2, 0) is 4.74 Å². The summed E-state index contributed by atoms with van der Waals surface area (Å²) in [7, 11) is 1.54. The molecule has 0 saturated carbocycles. The van der Waals surface area contributed by atoms with Gasteiger partial charge in [-0.3, -0.25) is 19.0 Å². The average molecular weight is 536 g/mol. The quantitative estimate of drug-likeness (QED) is 0.133. The Bertz CT molecular complexity index is 1500. The standard InChI is InChI=1S/C28H26FN3O5S/c1-3-37-22-11-4-18(5-12-22)25(33)17-38-28-31-24-16-19(26(34)30-14-15-36-2)6-13-23(24)27(35)32(28)21-9-7-20(29)8-10-21/h4-13,16H,3,14-15,17H2,1-2H3,(H,30,34). The SMILES string of the molecule is CCOc1ccc(C(=O)CSc2nc3cc(C(=O)NCCOC)ccc3c(=O)n2-c2ccc(F)cc2)cc1. The molecule has 38 heavy (non-hydrogen) atoms. The lowest BCUT2D eigenvalue weighted by atomic mass is 10.1. The molecule has 0 radical (unpaired) electrons. The van der Waals surface area contributed by atoms with Gasteiger partial charge in [-0.2, -0.15) is 0 Å². The molecule has 0 bridgehead atoms. The molecule has 1 heterocycles. The summed E-state index contributed by atoms with van der Waals surface area (Å²) in [6.45, 7) is 3.10. The zero-order chi connectivity index (χ0) is 27.1. The predicted molar refractivity (Wildman–Crippen MR) is 144 cm³/mol. The predicted octanol–water partition coefficient (Wildman–Crippen LogP) is 4.27. The number of methoxy groups -OCH3 is 1. The molecule has 0 aliphatic carbocycles. The third kappa shape index (κ3) is 6.27. The molecule has 4 rings (SSSR count). The highest BCUT2D eigenvalue weighted by Gasteiger charge is 2.17.